The van der Waals surface area contributed by atoms with Gasteiger partial charge in [-0.2, -0.15) is 0 Å². The van der Waals surface area contributed by atoms with Crippen LogP contribution in [-0.2, 0) is 11.4 Å². The number of hydrogen-bond donors (Lipinski definition) is 1. The van der Waals surface area contributed by atoms with Gasteiger partial charge in [-0.3, -0.25) is 4.79 Å². The number of anilines is 1. The van der Waals surface area contributed by atoms with Gasteiger partial charge in [0.25, 0.3) is 0 Å². The first-order valence-electron chi connectivity index (χ1n) is 13.0. The molecule has 0 aliphatic carbocycles. The van der Waals surface area contributed by atoms with E-state index in [-0.39, 0.29) is 17.7 Å². The molecule has 1 atom stereocenters. The lowest BCUT2D eigenvalue weighted by Crippen LogP contribution is -2.20. The van der Waals surface area contributed by atoms with Crippen molar-refractivity contribution in [3.63, 3.8) is 0 Å². The topological polar surface area (TPSA) is 38.3 Å². The number of hydrogen-bond acceptors (Lipinski definition) is 2. The maximum Gasteiger partial charge on any atom is 0.232 e. The minimum Gasteiger partial charge on any atom is -0.488 e. The van der Waals surface area contributed by atoms with Gasteiger partial charge < -0.3 is 10.1 Å². The monoisotopic (exact) mass is 495 g/mol. The van der Waals surface area contributed by atoms with Crippen LogP contribution >= 0.6 is 0 Å². The first-order valence-corrected chi connectivity index (χ1v) is 13.0. The number of benzene rings is 5. The molecule has 5 aromatic carbocycles. The van der Waals surface area contributed by atoms with E-state index < -0.39 is 0 Å². The zero-order valence-electron chi connectivity index (χ0n) is 21.3. The van der Waals surface area contributed by atoms with Crippen molar-refractivity contribution in [2.24, 2.45) is 0 Å². The Kier molecular flexibility index (Phi) is 6.49. The molecule has 1 amide bonds. The summed E-state index contributed by atoms with van der Waals surface area (Å²) in [6.07, 6.45) is 0. The van der Waals surface area contributed by atoms with E-state index in [0.29, 0.717) is 6.61 Å². The van der Waals surface area contributed by atoms with Crippen molar-refractivity contribution < 1.29 is 9.53 Å². The van der Waals surface area contributed by atoms with E-state index in [9.17, 15) is 4.79 Å². The number of ether oxygens (including phenoxy) is 1. The first kappa shape index (κ1) is 23.7. The van der Waals surface area contributed by atoms with Crippen molar-refractivity contribution in [2.75, 3.05) is 5.32 Å². The lowest BCUT2D eigenvalue weighted by Gasteiger charge is -2.24. The molecule has 6 rings (SSSR count). The predicted molar refractivity (Wildman–Crippen MR) is 153 cm³/mol. The Labute approximate surface area is 223 Å². The van der Waals surface area contributed by atoms with Crippen LogP contribution in [0.4, 0.5) is 5.69 Å². The molecule has 0 saturated carbocycles. The molecule has 3 heteroatoms. The van der Waals surface area contributed by atoms with Crippen LogP contribution in [0, 0.1) is 6.92 Å². The van der Waals surface area contributed by atoms with Gasteiger partial charge in [-0.1, -0.05) is 109 Å². The second kappa shape index (κ2) is 10.4. The van der Waals surface area contributed by atoms with Gasteiger partial charge in [-0.15, -0.1) is 0 Å². The Balaban J connectivity index is 1.42. The Morgan fingerprint density at radius 2 is 1.37 bits per heavy atom. The minimum absolute atomic E-state index is 0.0275. The summed E-state index contributed by atoms with van der Waals surface area (Å²) in [7, 11) is 0. The van der Waals surface area contributed by atoms with Gasteiger partial charge in [0.1, 0.15) is 12.4 Å². The molecule has 186 valence electrons. The highest BCUT2D eigenvalue weighted by atomic mass is 16.5. The van der Waals surface area contributed by atoms with Crippen molar-refractivity contribution in [2.45, 2.75) is 25.4 Å². The zero-order chi connectivity index (χ0) is 25.9. The lowest BCUT2D eigenvalue weighted by atomic mass is 9.77. The maximum atomic E-state index is 13.5. The van der Waals surface area contributed by atoms with Gasteiger partial charge >= 0.3 is 0 Å². The summed E-state index contributed by atoms with van der Waals surface area (Å²) in [5.74, 6) is 0.420. The summed E-state index contributed by atoms with van der Waals surface area (Å²) >= 11 is 0. The normalized spacial score (nSPS) is 14.3. The second-order valence-electron chi connectivity index (χ2n) is 9.84. The zero-order valence-corrected chi connectivity index (χ0v) is 21.3. The third-order valence-corrected chi connectivity index (χ3v) is 7.26. The molecule has 1 aliphatic heterocycles. The third-order valence-electron chi connectivity index (χ3n) is 7.26. The molecule has 0 fully saturated rings. The van der Waals surface area contributed by atoms with Crippen LogP contribution < -0.4 is 10.1 Å². The van der Waals surface area contributed by atoms with E-state index in [4.69, 9.17) is 4.74 Å². The summed E-state index contributed by atoms with van der Waals surface area (Å²) in [6.45, 7) is 2.58. The van der Waals surface area contributed by atoms with Crippen molar-refractivity contribution in [3.8, 4) is 16.9 Å². The molecular weight excluding hydrogens is 466 g/mol. The fourth-order valence-corrected chi connectivity index (χ4v) is 5.41. The quantitative estimate of drug-likeness (QED) is 0.248. The number of nitrogens with one attached hydrogen (secondary N) is 1. The number of fused-ring (bicyclic) bond motifs is 1. The molecule has 5 aromatic rings. The highest BCUT2D eigenvalue weighted by Crippen LogP contribution is 2.47. The standard InChI is InChI=1S/C35H29NO2/c1-24-17-20-32(38-23-25-11-5-2-6-12-25)29(21-24)28-18-19-31-30(22-28)34(35(37)36-31)33(26-13-7-3-8-14-26)27-15-9-4-10-16-27/h2-22,33-34H,23H2,1H3,(H,36,37). The first-order chi connectivity index (χ1) is 18.7. The van der Waals surface area contributed by atoms with Gasteiger partial charge in [0.15, 0.2) is 0 Å². The van der Waals surface area contributed by atoms with E-state index in [0.717, 1.165) is 50.4 Å². The van der Waals surface area contributed by atoms with Crippen molar-refractivity contribution in [1.82, 2.24) is 0 Å². The Morgan fingerprint density at radius 1 is 0.737 bits per heavy atom. The van der Waals surface area contributed by atoms with Crippen LogP contribution in [0.3, 0.4) is 0 Å². The van der Waals surface area contributed by atoms with Gasteiger partial charge in [0.05, 0.1) is 5.92 Å². The molecule has 1 heterocycles. The summed E-state index contributed by atoms with van der Waals surface area (Å²) in [5.41, 5.74) is 8.48. The van der Waals surface area contributed by atoms with Crippen LogP contribution in [0.15, 0.2) is 127 Å². The molecular formula is C35H29NO2. The summed E-state index contributed by atoms with van der Waals surface area (Å²) in [4.78, 5) is 13.5. The summed E-state index contributed by atoms with van der Waals surface area (Å²) < 4.78 is 6.30. The molecule has 0 bridgehead atoms. The smallest absolute Gasteiger partial charge is 0.232 e. The molecule has 0 aromatic heterocycles. The summed E-state index contributed by atoms with van der Waals surface area (Å²) in [5, 5.41) is 3.15. The largest absolute Gasteiger partial charge is 0.488 e. The maximum absolute atomic E-state index is 13.5. The number of rotatable bonds is 7. The van der Waals surface area contributed by atoms with Crippen LogP contribution in [0.1, 0.15) is 39.7 Å². The van der Waals surface area contributed by atoms with Crippen LogP contribution in [0.2, 0.25) is 0 Å². The van der Waals surface area contributed by atoms with Crippen LogP contribution in [0.25, 0.3) is 11.1 Å². The van der Waals surface area contributed by atoms with E-state index in [2.05, 4.69) is 72.9 Å². The molecule has 3 nitrogen and oxygen atoms in total. The molecule has 0 saturated heterocycles. The molecule has 1 aliphatic rings. The predicted octanol–water partition coefficient (Wildman–Crippen LogP) is 8.11. The number of carbonyl (C=O) groups is 1. The Bertz CT molecular complexity index is 1520. The number of aryl methyl sites for hydroxylation is 1. The fourth-order valence-electron chi connectivity index (χ4n) is 5.41. The van der Waals surface area contributed by atoms with E-state index in [1.54, 1.807) is 0 Å². The van der Waals surface area contributed by atoms with Crippen LogP contribution in [-0.4, -0.2) is 5.91 Å². The van der Waals surface area contributed by atoms with Gasteiger partial charge in [-0.05, 0) is 59.0 Å². The van der Waals surface area contributed by atoms with Crippen molar-refractivity contribution in [3.05, 3.63) is 155 Å². The van der Waals surface area contributed by atoms with E-state index >= 15 is 0 Å². The Hall–Kier alpha value is -4.63. The average Bonchev–Trinajstić information content (AvgIpc) is 3.29. The lowest BCUT2D eigenvalue weighted by molar-refractivity contribution is -0.117. The van der Waals surface area contributed by atoms with Gasteiger partial charge in [0.2, 0.25) is 5.91 Å². The average molecular weight is 496 g/mol. The highest BCUT2D eigenvalue weighted by Gasteiger charge is 2.38. The van der Waals surface area contributed by atoms with Crippen molar-refractivity contribution in [1.29, 1.82) is 0 Å². The molecule has 1 unspecified atom stereocenters. The number of carbonyl (C=O) groups excluding carboxylic acids is 1. The molecule has 0 radical (unpaired) electrons. The van der Waals surface area contributed by atoms with Crippen LogP contribution in [0.5, 0.6) is 5.75 Å². The second-order valence-corrected chi connectivity index (χ2v) is 9.84. The van der Waals surface area contributed by atoms with E-state index in [1.165, 1.54) is 0 Å². The SMILES string of the molecule is Cc1ccc(OCc2ccccc2)c(-c2ccc3c(c2)C(C(c2ccccc2)c2ccccc2)C(=O)N3)c1. The number of amides is 1. The molecule has 38 heavy (non-hydrogen) atoms. The fraction of sp³-hybridized carbons (Fsp3) is 0.114. The van der Waals surface area contributed by atoms with Gasteiger partial charge in [-0.25, -0.2) is 0 Å². The molecule has 0 spiro atoms. The van der Waals surface area contributed by atoms with Gasteiger partial charge in [0, 0.05) is 17.2 Å². The minimum atomic E-state index is -0.340. The summed E-state index contributed by atoms with van der Waals surface area (Å²) in [6, 6.07) is 43.4. The Morgan fingerprint density at radius 3 is 2.03 bits per heavy atom. The third kappa shape index (κ3) is 4.71. The van der Waals surface area contributed by atoms with E-state index in [1.807, 2.05) is 66.7 Å². The van der Waals surface area contributed by atoms with Crippen molar-refractivity contribution >= 4 is 11.6 Å². The molecule has 1 N–H and O–H groups in total. The highest BCUT2D eigenvalue weighted by molar-refractivity contribution is 6.04.